The van der Waals surface area contributed by atoms with Crippen molar-refractivity contribution in [3.8, 4) is 0 Å². The summed E-state index contributed by atoms with van der Waals surface area (Å²) in [5.74, 6) is -0.00893. The van der Waals surface area contributed by atoms with Crippen molar-refractivity contribution in [2.45, 2.75) is 42.4 Å². The molecule has 5 nitrogen and oxygen atoms in total. The topological polar surface area (TPSA) is 40.2 Å². The Hall–Kier alpha value is -1.31. The van der Waals surface area contributed by atoms with Gasteiger partial charge in [0.1, 0.15) is 22.6 Å². The minimum absolute atomic E-state index is 0.231. The van der Waals surface area contributed by atoms with Crippen molar-refractivity contribution in [2.24, 2.45) is 5.92 Å². The number of ether oxygens (including phenoxy) is 4. The first kappa shape index (κ1) is 18.7. The van der Waals surface area contributed by atoms with Crippen molar-refractivity contribution in [2.75, 3.05) is 40.5 Å². The van der Waals surface area contributed by atoms with E-state index < -0.39 is 16.8 Å². The van der Waals surface area contributed by atoms with Gasteiger partial charge in [0.15, 0.2) is 6.29 Å². The Morgan fingerprint density at radius 1 is 1.11 bits per heavy atom. The fourth-order valence-corrected chi connectivity index (χ4v) is 5.55. The van der Waals surface area contributed by atoms with Gasteiger partial charge in [-0.2, -0.15) is 0 Å². The Bertz CT molecular complexity index is 762. The van der Waals surface area contributed by atoms with Crippen LogP contribution in [-0.4, -0.2) is 62.9 Å². The molecule has 1 spiro atoms. The molecule has 4 heterocycles. The van der Waals surface area contributed by atoms with Gasteiger partial charge in [-0.3, -0.25) is 0 Å². The molecule has 4 aliphatic heterocycles. The summed E-state index contributed by atoms with van der Waals surface area (Å²) in [4.78, 5) is 2.17. The summed E-state index contributed by atoms with van der Waals surface area (Å²) in [6.45, 7) is 2.78. The van der Waals surface area contributed by atoms with Gasteiger partial charge in [0.2, 0.25) is 0 Å². The van der Waals surface area contributed by atoms with Crippen LogP contribution in [0.5, 0.6) is 0 Å². The Balaban J connectivity index is 1.52. The molecule has 0 radical (unpaired) electrons. The van der Waals surface area contributed by atoms with E-state index in [1.165, 1.54) is 12.1 Å². The van der Waals surface area contributed by atoms with Crippen molar-refractivity contribution in [3.05, 3.63) is 47.8 Å². The molecule has 3 saturated heterocycles. The first-order valence-corrected chi connectivity index (χ1v) is 10.2. The van der Waals surface area contributed by atoms with Crippen LogP contribution < -0.4 is 0 Å². The van der Waals surface area contributed by atoms with Crippen molar-refractivity contribution < 1.29 is 23.3 Å². The summed E-state index contributed by atoms with van der Waals surface area (Å²) in [5.41, 5.74) is -0.760. The van der Waals surface area contributed by atoms with Crippen LogP contribution in [-0.2, 0) is 24.5 Å². The SMILES string of the molecule is CN(C)CCC[C@@]1(c2ccc(F)cc2)OCC2CC3(C4OCCO4)C=CC21O3. The maximum Gasteiger partial charge on any atom is 0.190 e. The fraction of sp³-hybridized carbons (Fsp3) is 0.636. The van der Waals surface area contributed by atoms with Gasteiger partial charge in [0.05, 0.1) is 19.8 Å². The number of hydrogen-bond acceptors (Lipinski definition) is 5. The van der Waals surface area contributed by atoms with Crippen LogP contribution in [0.15, 0.2) is 36.4 Å². The van der Waals surface area contributed by atoms with E-state index in [2.05, 4.69) is 31.1 Å². The second kappa shape index (κ2) is 6.61. The van der Waals surface area contributed by atoms with Gasteiger partial charge in [0, 0.05) is 5.92 Å². The van der Waals surface area contributed by atoms with Gasteiger partial charge >= 0.3 is 0 Å². The molecule has 4 atom stereocenters. The number of halogens is 1. The summed E-state index contributed by atoms with van der Waals surface area (Å²) in [6.07, 6.45) is 6.53. The Kier molecular flexibility index (Phi) is 4.41. The molecule has 0 aliphatic carbocycles. The standard InChI is InChI=1S/C22H28FNO4/c1-24(2)11-3-8-21(16-4-6-18(23)7-5-16)22-10-9-20(28-22,14-17(22)15-27-21)19-25-12-13-26-19/h4-7,9-10,17,19H,3,8,11-15H2,1-2H3/t17?,20?,21-,22?/m0/s1. The second-order valence-corrected chi connectivity index (χ2v) is 8.71. The van der Waals surface area contributed by atoms with Gasteiger partial charge in [-0.1, -0.05) is 18.2 Å². The van der Waals surface area contributed by atoms with Gasteiger partial charge in [-0.15, -0.1) is 0 Å². The van der Waals surface area contributed by atoms with Crippen LogP contribution in [0.2, 0.25) is 0 Å². The smallest absolute Gasteiger partial charge is 0.190 e. The molecule has 0 amide bonds. The fourth-order valence-electron chi connectivity index (χ4n) is 5.55. The average Bonchev–Trinajstić information content (AvgIpc) is 3.43. The number of nitrogens with zero attached hydrogens (tertiary/aromatic N) is 1. The predicted octanol–water partition coefficient (Wildman–Crippen LogP) is 2.85. The van der Waals surface area contributed by atoms with E-state index in [0.717, 1.165) is 31.4 Å². The third-order valence-corrected chi connectivity index (χ3v) is 6.77. The molecule has 0 aromatic heterocycles. The molecule has 3 fully saturated rings. The van der Waals surface area contributed by atoms with Crippen molar-refractivity contribution in [1.29, 1.82) is 0 Å². The summed E-state index contributed by atoms with van der Waals surface area (Å²) in [7, 11) is 4.14. The first-order chi connectivity index (χ1) is 13.5. The van der Waals surface area contributed by atoms with E-state index in [1.54, 1.807) is 0 Å². The predicted molar refractivity (Wildman–Crippen MR) is 101 cm³/mol. The molecule has 4 aliphatic rings. The molecule has 0 N–H and O–H groups in total. The summed E-state index contributed by atoms with van der Waals surface area (Å²) >= 11 is 0. The molecule has 2 bridgehead atoms. The first-order valence-electron chi connectivity index (χ1n) is 10.2. The van der Waals surface area contributed by atoms with E-state index in [1.807, 2.05) is 12.1 Å². The number of benzene rings is 1. The van der Waals surface area contributed by atoms with Crippen LogP contribution in [0.1, 0.15) is 24.8 Å². The van der Waals surface area contributed by atoms with E-state index in [-0.39, 0.29) is 18.0 Å². The zero-order valence-corrected chi connectivity index (χ0v) is 16.5. The molecule has 6 heteroatoms. The lowest BCUT2D eigenvalue weighted by molar-refractivity contribution is -0.216. The van der Waals surface area contributed by atoms with E-state index in [4.69, 9.17) is 18.9 Å². The summed E-state index contributed by atoms with van der Waals surface area (Å²) < 4.78 is 38.7. The highest BCUT2D eigenvalue weighted by Crippen LogP contribution is 2.65. The minimum Gasteiger partial charge on any atom is -0.366 e. The van der Waals surface area contributed by atoms with Gasteiger partial charge in [0.25, 0.3) is 0 Å². The van der Waals surface area contributed by atoms with Crippen LogP contribution in [0, 0.1) is 11.7 Å². The molecule has 0 saturated carbocycles. The normalized spacial score (nSPS) is 39.4. The maximum atomic E-state index is 13.6. The highest BCUT2D eigenvalue weighted by atomic mass is 19.1. The number of rotatable bonds is 6. The molecular formula is C22H28FNO4. The quantitative estimate of drug-likeness (QED) is 0.700. The number of hydrogen-bond donors (Lipinski definition) is 0. The monoisotopic (exact) mass is 389 g/mol. The molecule has 1 aromatic carbocycles. The summed E-state index contributed by atoms with van der Waals surface area (Å²) in [5, 5.41) is 0. The van der Waals surface area contributed by atoms with Gasteiger partial charge in [-0.25, -0.2) is 4.39 Å². The third-order valence-electron chi connectivity index (χ3n) is 6.77. The largest absolute Gasteiger partial charge is 0.366 e. The summed E-state index contributed by atoms with van der Waals surface area (Å²) in [6, 6.07) is 6.72. The Morgan fingerprint density at radius 3 is 2.57 bits per heavy atom. The van der Waals surface area contributed by atoms with Crippen LogP contribution in [0.25, 0.3) is 0 Å². The molecule has 28 heavy (non-hydrogen) atoms. The lowest BCUT2D eigenvalue weighted by atomic mass is 9.68. The van der Waals surface area contributed by atoms with Gasteiger partial charge < -0.3 is 23.8 Å². The van der Waals surface area contributed by atoms with Crippen molar-refractivity contribution in [3.63, 3.8) is 0 Å². The van der Waals surface area contributed by atoms with Crippen LogP contribution in [0.3, 0.4) is 0 Å². The molecule has 5 rings (SSSR count). The molecule has 3 unspecified atom stereocenters. The Morgan fingerprint density at radius 2 is 1.86 bits per heavy atom. The third kappa shape index (κ3) is 2.55. The molecular weight excluding hydrogens is 361 g/mol. The lowest BCUT2D eigenvalue weighted by Crippen LogP contribution is -2.50. The maximum absolute atomic E-state index is 13.6. The van der Waals surface area contributed by atoms with Gasteiger partial charge in [-0.05, 0) is 63.7 Å². The van der Waals surface area contributed by atoms with E-state index in [0.29, 0.717) is 19.8 Å². The number of fused-ring (bicyclic) bond motifs is 1. The van der Waals surface area contributed by atoms with Crippen LogP contribution >= 0.6 is 0 Å². The molecule has 1 aromatic rings. The average molecular weight is 389 g/mol. The Labute approximate surface area is 165 Å². The zero-order valence-electron chi connectivity index (χ0n) is 16.5. The van der Waals surface area contributed by atoms with E-state index >= 15 is 0 Å². The lowest BCUT2D eigenvalue weighted by Gasteiger charge is -2.42. The van der Waals surface area contributed by atoms with Crippen molar-refractivity contribution >= 4 is 0 Å². The highest BCUT2D eigenvalue weighted by Gasteiger charge is 2.73. The minimum atomic E-state index is -0.630. The van der Waals surface area contributed by atoms with Crippen LogP contribution in [0.4, 0.5) is 4.39 Å². The highest BCUT2D eigenvalue weighted by molar-refractivity contribution is 5.41. The second-order valence-electron chi connectivity index (χ2n) is 8.71. The zero-order chi connectivity index (χ0) is 19.4. The van der Waals surface area contributed by atoms with E-state index in [9.17, 15) is 4.39 Å². The molecule has 152 valence electrons. The van der Waals surface area contributed by atoms with Crippen molar-refractivity contribution in [1.82, 2.24) is 4.90 Å².